The first-order chi connectivity index (χ1) is 14.9. The molecule has 31 heavy (non-hydrogen) atoms. The summed E-state index contributed by atoms with van der Waals surface area (Å²) < 4.78 is 40.8. The van der Waals surface area contributed by atoms with E-state index < -0.39 is 11.9 Å². The number of fused-ring (bicyclic) bond motifs is 1. The van der Waals surface area contributed by atoms with E-state index >= 15 is 0 Å². The summed E-state index contributed by atoms with van der Waals surface area (Å²) in [6, 6.07) is 1.86. The Morgan fingerprint density at radius 3 is 2.77 bits per heavy atom. The molecule has 3 aromatic heterocycles. The van der Waals surface area contributed by atoms with Crippen LogP contribution in [0.3, 0.4) is 0 Å². The Balaban J connectivity index is 1.50. The molecule has 0 spiro atoms. The van der Waals surface area contributed by atoms with Crippen molar-refractivity contribution in [3.05, 3.63) is 48.2 Å². The molecule has 0 N–H and O–H groups in total. The number of halogens is 3. The number of hydrogen-bond acceptors (Lipinski definition) is 6. The molecule has 2 aliphatic heterocycles. The third-order valence-corrected chi connectivity index (χ3v) is 5.94. The van der Waals surface area contributed by atoms with E-state index in [2.05, 4.69) is 37.8 Å². The zero-order valence-corrected chi connectivity index (χ0v) is 16.8. The molecule has 0 aliphatic carbocycles. The highest BCUT2D eigenvalue weighted by Crippen LogP contribution is 2.33. The molecular weight excluding hydrogens is 407 g/mol. The van der Waals surface area contributed by atoms with Gasteiger partial charge in [-0.05, 0) is 31.4 Å². The van der Waals surface area contributed by atoms with Crippen LogP contribution in [0.5, 0.6) is 0 Å². The van der Waals surface area contributed by atoms with Crippen molar-refractivity contribution in [2.75, 3.05) is 18.0 Å². The molecule has 1 fully saturated rings. The van der Waals surface area contributed by atoms with Crippen molar-refractivity contribution in [1.29, 1.82) is 0 Å². The second-order valence-corrected chi connectivity index (χ2v) is 7.76. The van der Waals surface area contributed by atoms with Crippen molar-refractivity contribution >= 4 is 17.8 Å². The maximum atomic E-state index is 13.1. The van der Waals surface area contributed by atoms with Gasteiger partial charge in [0, 0.05) is 37.1 Å². The van der Waals surface area contributed by atoms with E-state index in [-0.39, 0.29) is 6.04 Å². The van der Waals surface area contributed by atoms with E-state index in [9.17, 15) is 13.2 Å². The van der Waals surface area contributed by atoms with Gasteiger partial charge in [-0.1, -0.05) is 6.08 Å². The van der Waals surface area contributed by atoms with Crippen molar-refractivity contribution in [1.82, 2.24) is 24.3 Å². The third-order valence-electron chi connectivity index (χ3n) is 5.94. The summed E-state index contributed by atoms with van der Waals surface area (Å²) in [5, 5.41) is 0. The van der Waals surface area contributed by atoms with Crippen LogP contribution in [0, 0.1) is 5.92 Å². The topological polar surface area (TPSA) is 71.6 Å². The minimum absolute atomic E-state index is 0.183. The standard InChI is InChI=1S/C21H20F3N7/c1-13-15(14-4-6-25-9-14)3-2-8-30(13)20-26-7-5-16(29-20)17-10-28-19-11-27-18(12-31(17)19)21(22,23)24/h4-5,7,9-13,15H,2-3,6,8H2,1H3. The SMILES string of the molecule is CC1C(C2=CCN=C2)CCCN1c1nccc(-c2cnc3cnc(C(F)(F)F)cn23)n1. The number of piperidine rings is 1. The van der Waals surface area contributed by atoms with Gasteiger partial charge in [-0.3, -0.25) is 9.39 Å². The number of imidazole rings is 1. The normalized spacial score (nSPS) is 21.7. The van der Waals surface area contributed by atoms with E-state index in [0.29, 0.717) is 28.9 Å². The highest BCUT2D eigenvalue weighted by atomic mass is 19.4. The molecule has 0 amide bonds. The van der Waals surface area contributed by atoms with Crippen molar-refractivity contribution in [2.45, 2.75) is 32.0 Å². The molecule has 2 atom stereocenters. The van der Waals surface area contributed by atoms with Crippen LogP contribution in [-0.2, 0) is 6.18 Å². The number of anilines is 1. The smallest absolute Gasteiger partial charge is 0.337 e. The van der Waals surface area contributed by atoms with Gasteiger partial charge in [-0.2, -0.15) is 13.2 Å². The molecular formula is C21H20F3N7. The summed E-state index contributed by atoms with van der Waals surface area (Å²) in [6.07, 6.45) is 6.86. The van der Waals surface area contributed by atoms with E-state index in [1.165, 1.54) is 16.2 Å². The zero-order valence-electron chi connectivity index (χ0n) is 16.8. The summed E-state index contributed by atoms with van der Waals surface area (Å²) >= 11 is 0. The molecule has 0 aromatic carbocycles. The van der Waals surface area contributed by atoms with Crippen LogP contribution in [0.4, 0.5) is 19.1 Å². The van der Waals surface area contributed by atoms with Gasteiger partial charge in [0.05, 0.1) is 30.3 Å². The Labute approximate surface area is 176 Å². The van der Waals surface area contributed by atoms with Crippen LogP contribution in [0.25, 0.3) is 17.0 Å². The maximum absolute atomic E-state index is 13.1. The molecule has 0 bridgehead atoms. The summed E-state index contributed by atoms with van der Waals surface area (Å²) in [5.41, 5.74) is 1.56. The summed E-state index contributed by atoms with van der Waals surface area (Å²) in [4.78, 5) is 23.3. The van der Waals surface area contributed by atoms with Crippen LogP contribution >= 0.6 is 0 Å². The van der Waals surface area contributed by atoms with Crippen LogP contribution in [0.1, 0.15) is 25.5 Å². The molecule has 5 heterocycles. The molecule has 1 saturated heterocycles. The lowest BCUT2D eigenvalue weighted by atomic mass is 9.84. The summed E-state index contributed by atoms with van der Waals surface area (Å²) in [5.74, 6) is 0.911. The summed E-state index contributed by atoms with van der Waals surface area (Å²) in [6.45, 7) is 3.71. The highest BCUT2D eigenvalue weighted by molar-refractivity contribution is 5.82. The predicted molar refractivity (Wildman–Crippen MR) is 110 cm³/mol. The minimum Gasteiger partial charge on any atom is -0.337 e. The Hall–Kier alpha value is -3.30. The van der Waals surface area contributed by atoms with Gasteiger partial charge in [-0.15, -0.1) is 0 Å². The largest absolute Gasteiger partial charge is 0.434 e. The maximum Gasteiger partial charge on any atom is 0.434 e. The van der Waals surface area contributed by atoms with Gasteiger partial charge in [0.2, 0.25) is 5.95 Å². The van der Waals surface area contributed by atoms with Gasteiger partial charge in [0.1, 0.15) is 0 Å². The average molecular weight is 427 g/mol. The van der Waals surface area contributed by atoms with Gasteiger partial charge < -0.3 is 4.90 Å². The van der Waals surface area contributed by atoms with Crippen molar-refractivity contribution in [2.24, 2.45) is 10.9 Å². The van der Waals surface area contributed by atoms with Crippen LogP contribution in [-0.4, -0.2) is 49.7 Å². The van der Waals surface area contributed by atoms with Crippen molar-refractivity contribution < 1.29 is 13.2 Å². The van der Waals surface area contributed by atoms with Gasteiger partial charge >= 0.3 is 6.18 Å². The van der Waals surface area contributed by atoms with Gasteiger partial charge in [0.15, 0.2) is 11.3 Å². The number of aromatic nitrogens is 5. The minimum atomic E-state index is -4.54. The second kappa shape index (κ2) is 7.44. The van der Waals surface area contributed by atoms with Crippen LogP contribution in [0.2, 0.25) is 0 Å². The number of alkyl halides is 3. The molecule has 0 radical (unpaired) electrons. The van der Waals surface area contributed by atoms with Crippen LogP contribution in [0.15, 0.2) is 47.5 Å². The zero-order chi connectivity index (χ0) is 21.6. The number of rotatable bonds is 3. The molecule has 160 valence electrons. The summed E-state index contributed by atoms with van der Waals surface area (Å²) in [7, 11) is 0. The molecule has 10 heteroatoms. The molecule has 5 rings (SSSR count). The molecule has 2 aliphatic rings. The van der Waals surface area contributed by atoms with Gasteiger partial charge in [-0.25, -0.2) is 19.9 Å². The Morgan fingerprint density at radius 1 is 1.13 bits per heavy atom. The molecule has 0 saturated carbocycles. The van der Waals surface area contributed by atoms with E-state index in [1.54, 1.807) is 12.3 Å². The molecule has 3 aromatic rings. The Kier molecular flexibility index (Phi) is 4.71. The number of hydrogen-bond donors (Lipinski definition) is 0. The molecule has 2 unspecified atom stereocenters. The lowest BCUT2D eigenvalue weighted by Gasteiger charge is -2.39. The quantitative estimate of drug-likeness (QED) is 0.636. The van der Waals surface area contributed by atoms with Crippen molar-refractivity contribution in [3.8, 4) is 11.4 Å². The third kappa shape index (κ3) is 3.55. The highest BCUT2D eigenvalue weighted by Gasteiger charge is 2.34. The molecule has 7 nitrogen and oxygen atoms in total. The van der Waals surface area contributed by atoms with Crippen LogP contribution < -0.4 is 4.90 Å². The number of aliphatic imine (C=N–C) groups is 1. The fraction of sp³-hybridized carbons (Fsp3) is 0.381. The average Bonchev–Trinajstić information content (AvgIpc) is 3.43. The van der Waals surface area contributed by atoms with E-state index in [0.717, 1.165) is 38.3 Å². The first-order valence-electron chi connectivity index (χ1n) is 10.1. The second-order valence-electron chi connectivity index (χ2n) is 7.76. The van der Waals surface area contributed by atoms with Gasteiger partial charge in [0.25, 0.3) is 0 Å². The Bertz CT molecular complexity index is 1180. The Morgan fingerprint density at radius 2 is 2.00 bits per heavy atom. The van der Waals surface area contributed by atoms with Crippen molar-refractivity contribution in [3.63, 3.8) is 0 Å². The fourth-order valence-corrected chi connectivity index (χ4v) is 4.34. The lowest BCUT2D eigenvalue weighted by Crippen LogP contribution is -2.45. The van der Waals surface area contributed by atoms with E-state index in [1.807, 2.05) is 6.21 Å². The first-order valence-corrected chi connectivity index (χ1v) is 10.1. The van der Waals surface area contributed by atoms with E-state index in [4.69, 9.17) is 4.98 Å². The predicted octanol–water partition coefficient (Wildman–Crippen LogP) is 3.82. The lowest BCUT2D eigenvalue weighted by molar-refractivity contribution is -0.141. The first kappa shape index (κ1) is 19.7. The monoisotopic (exact) mass is 427 g/mol. The number of nitrogens with zero attached hydrogens (tertiary/aromatic N) is 7. The fourth-order valence-electron chi connectivity index (χ4n) is 4.34.